The molecule has 0 saturated carbocycles. The molecule has 0 aliphatic carbocycles. The second-order valence-corrected chi connectivity index (χ2v) is 6.28. The van der Waals surface area contributed by atoms with Gasteiger partial charge in [0.05, 0.1) is 11.5 Å². The number of hydrogen-bond donors (Lipinski definition) is 0. The van der Waals surface area contributed by atoms with E-state index in [4.69, 9.17) is 4.74 Å². The number of rotatable bonds is 7. The molecule has 0 aliphatic heterocycles. The Morgan fingerprint density at radius 3 is 2.23 bits per heavy atom. The molecule has 0 radical (unpaired) electrons. The summed E-state index contributed by atoms with van der Waals surface area (Å²) in [6, 6.07) is 23.7. The Balaban J connectivity index is 1.81. The van der Waals surface area contributed by atoms with E-state index in [2.05, 4.69) is 15.0 Å². The molecule has 0 spiro atoms. The van der Waals surface area contributed by atoms with Crippen molar-refractivity contribution in [1.29, 1.82) is 0 Å². The monoisotopic (exact) mass is 399 g/mol. The highest BCUT2D eigenvalue weighted by atomic mass is 16.6. The maximum atomic E-state index is 12.0. The molecule has 30 heavy (non-hydrogen) atoms. The number of benzene rings is 2. The first-order valence-electron chi connectivity index (χ1n) is 9.17. The van der Waals surface area contributed by atoms with E-state index in [1.54, 1.807) is 47.5 Å². The van der Waals surface area contributed by atoms with Gasteiger partial charge in [-0.25, -0.2) is 9.97 Å². The molecule has 0 atom stereocenters. The molecule has 0 fully saturated rings. The number of hydrogen-bond acceptors (Lipinski definition) is 7. The molecule has 0 saturated heterocycles. The second kappa shape index (κ2) is 8.78. The highest BCUT2D eigenvalue weighted by Gasteiger charge is 2.30. The van der Waals surface area contributed by atoms with Gasteiger partial charge in [-0.05, 0) is 29.8 Å². The molecule has 148 valence electrons. The van der Waals surface area contributed by atoms with Crippen LogP contribution in [0.5, 0.6) is 11.6 Å². The fourth-order valence-electron chi connectivity index (χ4n) is 2.93. The molecule has 2 aromatic carbocycles. The van der Waals surface area contributed by atoms with Gasteiger partial charge in [-0.1, -0.05) is 54.6 Å². The summed E-state index contributed by atoms with van der Waals surface area (Å²) < 4.78 is 5.71. The van der Waals surface area contributed by atoms with Gasteiger partial charge in [0.1, 0.15) is 17.9 Å². The van der Waals surface area contributed by atoms with Crippen LogP contribution in [0.1, 0.15) is 5.56 Å². The zero-order chi connectivity index (χ0) is 20.8. The second-order valence-electron chi connectivity index (χ2n) is 6.28. The first-order chi connectivity index (χ1) is 14.7. The molecule has 0 aliphatic rings. The maximum Gasteiger partial charge on any atom is 0.373 e. The Labute approximate surface area is 172 Å². The van der Waals surface area contributed by atoms with Crippen molar-refractivity contribution < 1.29 is 9.66 Å². The third-order valence-electron chi connectivity index (χ3n) is 4.27. The maximum absolute atomic E-state index is 12.0. The van der Waals surface area contributed by atoms with Crippen LogP contribution in [0.25, 0.3) is 0 Å². The molecule has 8 nitrogen and oxygen atoms in total. The fraction of sp³-hybridized carbons (Fsp3) is 0.0455. The fourth-order valence-corrected chi connectivity index (χ4v) is 2.93. The summed E-state index contributed by atoms with van der Waals surface area (Å²) in [6.45, 7) is 0.334. The van der Waals surface area contributed by atoms with Gasteiger partial charge in [0.2, 0.25) is 5.82 Å². The molecule has 4 aromatic rings. The average molecular weight is 399 g/mol. The summed E-state index contributed by atoms with van der Waals surface area (Å²) in [7, 11) is 0. The van der Waals surface area contributed by atoms with Crippen LogP contribution >= 0.6 is 0 Å². The topological polar surface area (TPSA) is 94.3 Å². The van der Waals surface area contributed by atoms with Gasteiger partial charge in [-0.15, -0.1) is 0 Å². The van der Waals surface area contributed by atoms with Crippen molar-refractivity contribution in [2.75, 3.05) is 4.90 Å². The number of aromatic nitrogens is 3. The normalized spacial score (nSPS) is 10.4. The molecule has 0 bridgehead atoms. The van der Waals surface area contributed by atoms with E-state index < -0.39 is 4.92 Å². The number of para-hydroxylation sites is 1. The van der Waals surface area contributed by atoms with Crippen molar-refractivity contribution in [2.24, 2.45) is 0 Å². The number of pyridine rings is 1. The van der Waals surface area contributed by atoms with E-state index in [-0.39, 0.29) is 17.4 Å². The van der Waals surface area contributed by atoms with Crippen molar-refractivity contribution >= 4 is 17.3 Å². The van der Waals surface area contributed by atoms with Crippen molar-refractivity contribution in [3.05, 3.63) is 107 Å². The lowest BCUT2D eigenvalue weighted by Gasteiger charge is -2.22. The Morgan fingerprint density at radius 1 is 0.867 bits per heavy atom. The van der Waals surface area contributed by atoms with Crippen LogP contribution in [0.15, 0.2) is 91.4 Å². The minimum Gasteiger partial charge on any atom is -0.434 e. The lowest BCUT2D eigenvalue weighted by Crippen LogP contribution is -2.20. The van der Waals surface area contributed by atoms with E-state index in [0.717, 1.165) is 5.56 Å². The van der Waals surface area contributed by atoms with E-state index in [9.17, 15) is 10.1 Å². The number of nitrogens with zero attached hydrogens (tertiary/aromatic N) is 5. The summed E-state index contributed by atoms with van der Waals surface area (Å²) in [5.74, 6) is 0.931. The molecule has 4 rings (SSSR count). The van der Waals surface area contributed by atoms with Crippen molar-refractivity contribution in [1.82, 2.24) is 15.0 Å². The van der Waals surface area contributed by atoms with E-state index in [1.807, 2.05) is 42.5 Å². The predicted molar refractivity (Wildman–Crippen MR) is 112 cm³/mol. The summed E-state index contributed by atoms with van der Waals surface area (Å²) in [6.07, 6.45) is 2.88. The molecule has 0 unspecified atom stereocenters. The van der Waals surface area contributed by atoms with Crippen LogP contribution in [0, 0.1) is 10.1 Å². The van der Waals surface area contributed by atoms with Crippen LogP contribution in [0.3, 0.4) is 0 Å². The summed E-state index contributed by atoms with van der Waals surface area (Å²) in [5.41, 5.74) is 0.615. The van der Waals surface area contributed by atoms with Gasteiger partial charge in [0.15, 0.2) is 0 Å². The highest BCUT2D eigenvalue weighted by molar-refractivity contribution is 5.69. The largest absolute Gasteiger partial charge is 0.434 e. The lowest BCUT2D eigenvalue weighted by atomic mass is 10.2. The Hall–Kier alpha value is -4.33. The van der Waals surface area contributed by atoms with Crippen LogP contribution in [-0.2, 0) is 6.54 Å². The van der Waals surface area contributed by atoms with Gasteiger partial charge in [-0.3, -0.25) is 10.1 Å². The zero-order valence-corrected chi connectivity index (χ0v) is 15.8. The SMILES string of the molecule is O=[N+]([O-])c1c(Oc2ccccc2)ncnc1N(Cc1ccccc1)c1ccccn1. The standard InChI is InChI=1S/C22H17N5O3/c28-27(29)20-21(24-16-25-22(20)30-18-11-5-2-6-12-18)26(19-13-7-8-14-23-19)15-17-9-3-1-4-10-17/h1-14,16H,15H2. The minimum absolute atomic E-state index is 0.100. The Morgan fingerprint density at radius 2 is 1.57 bits per heavy atom. The predicted octanol–water partition coefficient (Wildman–Crippen LogP) is 4.91. The number of ether oxygens (including phenoxy) is 1. The first-order valence-corrected chi connectivity index (χ1v) is 9.17. The van der Waals surface area contributed by atoms with Gasteiger partial charge in [0.25, 0.3) is 0 Å². The van der Waals surface area contributed by atoms with Crippen LogP contribution in [0.2, 0.25) is 0 Å². The number of nitro groups is 1. The Kier molecular flexibility index (Phi) is 5.56. The van der Waals surface area contributed by atoms with Crippen LogP contribution < -0.4 is 9.64 Å². The van der Waals surface area contributed by atoms with Gasteiger partial charge in [-0.2, -0.15) is 4.98 Å². The summed E-state index contributed by atoms with van der Waals surface area (Å²) in [4.78, 5) is 25.8. The van der Waals surface area contributed by atoms with Crippen LogP contribution in [0.4, 0.5) is 17.3 Å². The average Bonchev–Trinajstić information content (AvgIpc) is 2.79. The third-order valence-corrected chi connectivity index (χ3v) is 4.27. The zero-order valence-electron chi connectivity index (χ0n) is 15.8. The third kappa shape index (κ3) is 4.22. The highest BCUT2D eigenvalue weighted by Crippen LogP contribution is 2.39. The summed E-state index contributed by atoms with van der Waals surface area (Å²) in [5, 5.41) is 12.0. The summed E-state index contributed by atoms with van der Waals surface area (Å²) >= 11 is 0. The lowest BCUT2D eigenvalue weighted by molar-refractivity contribution is -0.385. The molecule has 0 N–H and O–H groups in total. The van der Waals surface area contributed by atoms with E-state index >= 15 is 0 Å². The van der Waals surface area contributed by atoms with Crippen molar-refractivity contribution in [3.8, 4) is 11.6 Å². The molecule has 0 amide bonds. The molecular weight excluding hydrogens is 382 g/mol. The molecule has 8 heteroatoms. The van der Waals surface area contributed by atoms with Gasteiger partial charge >= 0.3 is 11.6 Å². The quantitative estimate of drug-likeness (QED) is 0.322. The smallest absolute Gasteiger partial charge is 0.373 e. The van der Waals surface area contributed by atoms with Gasteiger partial charge < -0.3 is 9.64 Å². The van der Waals surface area contributed by atoms with Crippen LogP contribution in [-0.4, -0.2) is 19.9 Å². The van der Waals surface area contributed by atoms with E-state index in [0.29, 0.717) is 18.1 Å². The van der Waals surface area contributed by atoms with Crippen molar-refractivity contribution in [2.45, 2.75) is 6.54 Å². The first kappa shape index (κ1) is 19.0. The van der Waals surface area contributed by atoms with E-state index in [1.165, 1.54) is 6.33 Å². The van der Waals surface area contributed by atoms with Gasteiger partial charge in [0, 0.05) is 6.20 Å². The molecule has 2 aromatic heterocycles. The van der Waals surface area contributed by atoms with Crippen molar-refractivity contribution in [3.63, 3.8) is 0 Å². The number of anilines is 2. The Bertz CT molecular complexity index is 1130. The minimum atomic E-state index is -0.533. The molecular formula is C22H17N5O3. The molecule has 2 heterocycles.